The topological polar surface area (TPSA) is 45.7 Å². The summed E-state index contributed by atoms with van der Waals surface area (Å²) in [5, 5.41) is 0. The smallest absolute Gasteiger partial charge is 0.227 e. The van der Waals surface area contributed by atoms with E-state index < -0.39 is 0 Å². The van der Waals surface area contributed by atoms with Crippen LogP contribution in [0, 0.1) is 0 Å². The van der Waals surface area contributed by atoms with Crippen LogP contribution in [0.3, 0.4) is 0 Å². The molecule has 0 spiro atoms. The van der Waals surface area contributed by atoms with Crippen LogP contribution in [-0.4, -0.2) is 46.9 Å². The minimum atomic E-state index is 0.196. The molecule has 0 bridgehead atoms. The second kappa shape index (κ2) is 10.7. The molecule has 3 aromatic rings. The Bertz CT molecular complexity index is 945. The summed E-state index contributed by atoms with van der Waals surface area (Å²) in [5.41, 5.74) is 3.38. The molecule has 1 aromatic heterocycles. The number of benzene rings is 2. The molecule has 0 aliphatic carbocycles. The SMILES string of the molecule is O=C(Cc1ccc(OCc2ccccc2)cc1)N1CCCN(Cc2cccnc2)CC1. The molecule has 1 aliphatic heterocycles. The average molecular weight is 416 g/mol. The lowest BCUT2D eigenvalue weighted by Gasteiger charge is -2.22. The van der Waals surface area contributed by atoms with Crippen LogP contribution in [0.4, 0.5) is 0 Å². The van der Waals surface area contributed by atoms with Gasteiger partial charge in [0.2, 0.25) is 5.91 Å². The van der Waals surface area contributed by atoms with E-state index in [1.54, 1.807) is 6.20 Å². The summed E-state index contributed by atoms with van der Waals surface area (Å²) in [4.78, 5) is 21.5. The van der Waals surface area contributed by atoms with Gasteiger partial charge in [0.1, 0.15) is 12.4 Å². The Balaban J connectivity index is 1.25. The molecule has 31 heavy (non-hydrogen) atoms. The summed E-state index contributed by atoms with van der Waals surface area (Å²) < 4.78 is 5.84. The predicted octanol–water partition coefficient (Wildman–Crippen LogP) is 3.94. The standard InChI is InChI=1S/C26H29N3O2/c30-26(29-15-5-14-28(16-17-29)20-24-8-4-13-27-19-24)18-22-9-11-25(12-10-22)31-21-23-6-2-1-3-7-23/h1-4,6-13,19H,5,14-18,20-21H2. The van der Waals surface area contributed by atoms with Gasteiger partial charge in [0.05, 0.1) is 6.42 Å². The third-order valence-corrected chi connectivity index (χ3v) is 5.60. The van der Waals surface area contributed by atoms with Gasteiger partial charge in [-0.05, 0) is 41.3 Å². The molecule has 5 nitrogen and oxygen atoms in total. The number of hydrogen-bond acceptors (Lipinski definition) is 4. The first-order valence-electron chi connectivity index (χ1n) is 10.9. The van der Waals surface area contributed by atoms with Crippen LogP contribution in [0.1, 0.15) is 23.1 Å². The molecule has 160 valence electrons. The van der Waals surface area contributed by atoms with Gasteiger partial charge in [0, 0.05) is 45.1 Å². The quantitative estimate of drug-likeness (QED) is 0.586. The summed E-state index contributed by atoms with van der Waals surface area (Å²) in [6, 6.07) is 22.1. The van der Waals surface area contributed by atoms with Crippen LogP contribution >= 0.6 is 0 Å². The van der Waals surface area contributed by atoms with E-state index in [2.05, 4.69) is 16.0 Å². The van der Waals surface area contributed by atoms with Gasteiger partial charge in [-0.3, -0.25) is 14.7 Å². The Hall–Kier alpha value is -3.18. The molecule has 0 N–H and O–H groups in total. The van der Waals surface area contributed by atoms with E-state index in [0.29, 0.717) is 13.0 Å². The van der Waals surface area contributed by atoms with Crippen LogP contribution in [0.15, 0.2) is 79.1 Å². The summed E-state index contributed by atoms with van der Waals surface area (Å²) in [6.45, 7) is 4.93. The third kappa shape index (κ3) is 6.40. The first-order chi connectivity index (χ1) is 15.3. The molecule has 5 heteroatoms. The highest BCUT2D eigenvalue weighted by Gasteiger charge is 2.19. The van der Waals surface area contributed by atoms with Gasteiger partial charge in [-0.2, -0.15) is 0 Å². The molecule has 0 atom stereocenters. The number of amides is 1. The van der Waals surface area contributed by atoms with Crippen LogP contribution in [0.25, 0.3) is 0 Å². The Kier molecular flexibility index (Phi) is 7.29. The van der Waals surface area contributed by atoms with E-state index >= 15 is 0 Å². The molecule has 2 heterocycles. The van der Waals surface area contributed by atoms with Crippen LogP contribution in [0.5, 0.6) is 5.75 Å². The molecule has 0 unspecified atom stereocenters. The van der Waals surface area contributed by atoms with Gasteiger partial charge < -0.3 is 9.64 Å². The van der Waals surface area contributed by atoms with E-state index in [1.807, 2.05) is 71.8 Å². The highest BCUT2D eigenvalue weighted by Crippen LogP contribution is 2.16. The van der Waals surface area contributed by atoms with Crippen molar-refractivity contribution >= 4 is 5.91 Å². The minimum Gasteiger partial charge on any atom is -0.489 e. The van der Waals surface area contributed by atoms with Crippen LogP contribution < -0.4 is 4.74 Å². The summed E-state index contributed by atoms with van der Waals surface area (Å²) in [5.74, 6) is 1.02. The van der Waals surface area contributed by atoms with E-state index in [-0.39, 0.29) is 5.91 Å². The summed E-state index contributed by atoms with van der Waals surface area (Å²) in [6.07, 6.45) is 5.15. The fourth-order valence-electron chi connectivity index (χ4n) is 3.86. The van der Waals surface area contributed by atoms with Gasteiger partial charge in [-0.1, -0.05) is 48.5 Å². The number of rotatable bonds is 7. The molecule has 1 amide bonds. The Morgan fingerprint density at radius 1 is 0.839 bits per heavy atom. The third-order valence-electron chi connectivity index (χ3n) is 5.60. The first kappa shape index (κ1) is 21.1. The van der Waals surface area contributed by atoms with Crippen molar-refractivity contribution < 1.29 is 9.53 Å². The van der Waals surface area contributed by atoms with Crippen molar-refractivity contribution in [3.8, 4) is 5.75 Å². The highest BCUT2D eigenvalue weighted by molar-refractivity contribution is 5.78. The molecular weight excluding hydrogens is 386 g/mol. The zero-order chi connectivity index (χ0) is 21.3. The van der Waals surface area contributed by atoms with Crippen molar-refractivity contribution in [2.75, 3.05) is 26.2 Å². The van der Waals surface area contributed by atoms with Crippen molar-refractivity contribution in [1.29, 1.82) is 0 Å². The van der Waals surface area contributed by atoms with Gasteiger partial charge >= 0.3 is 0 Å². The number of pyridine rings is 1. The first-order valence-corrected chi connectivity index (χ1v) is 10.9. The van der Waals surface area contributed by atoms with Gasteiger partial charge in [0.15, 0.2) is 0 Å². The van der Waals surface area contributed by atoms with Crippen LogP contribution in [-0.2, 0) is 24.4 Å². The van der Waals surface area contributed by atoms with Crippen molar-refractivity contribution in [3.63, 3.8) is 0 Å². The monoisotopic (exact) mass is 415 g/mol. The van der Waals surface area contributed by atoms with E-state index in [1.165, 1.54) is 5.56 Å². The lowest BCUT2D eigenvalue weighted by molar-refractivity contribution is -0.130. The van der Waals surface area contributed by atoms with Crippen molar-refractivity contribution in [3.05, 3.63) is 95.8 Å². The van der Waals surface area contributed by atoms with Gasteiger partial charge in [-0.25, -0.2) is 0 Å². The molecule has 1 aliphatic rings. The normalized spacial score (nSPS) is 14.8. The Labute approximate surface area is 184 Å². The van der Waals surface area contributed by atoms with Gasteiger partial charge in [0.25, 0.3) is 0 Å². The molecule has 4 rings (SSSR count). The van der Waals surface area contributed by atoms with Gasteiger partial charge in [-0.15, -0.1) is 0 Å². The summed E-state index contributed by atoms with van der Waals surface area (Å²) >= 11 is 0. The lowest BCUT2D eigenvalue weighted by atomic mass is 10.1. The number of carbonyl (C=O) groups is 1. The second-order valence-electron chi connectivity index (χ2n) is 7.97. The number of aromatic nitrogens is 1. The Morgan fingerprint density at radius 3 is 2.42 bits per heavy atom. The minimum absolute atomic E-state index is 0.196. The van der Waals surface area contributed by atoms with Crippen molar-refractivity contribution in [2.24, 2.45) is 0 Å². The zero-order valence-corrected chi connectivity index (χ0v) is 17.8. The van der Waals surface area contributed by atoms with Crippen molar-refractivity contribution in [1.82, 2.24) is 14.8 Å². The molecule has 0 radical (unpaired) electrons. The number of hydrogen-bond donors (Lipinski definition) is 0. The Morgan fingerprint density at radius 2 is 1.65 bits per heavy atom. The fraction of sp³-hybridized carbons (Fsp3) is 0.308. The zero-order valence-electron chi connectivity index (χ0n) is 17.8. The largest absolute Gasteiger partial charge is 0.489 e. The molecule has 1 saturated heterocycles. The maximum Gasteiger partial charge on any atom is 0.227 e. The highest BCUT2D eigenvalue weighted by atomic mass is 16.5. The van der Waals surface area contributed by atoms with E-state index in [0.717, 1.165) is 56.0 Å². The van der Waals surface area contributed by atoms with Crippen LogP contribution in [0.2, 0.25) is 0 Å². The lowest BCUT2D eigenvalue weighted by Crippen LogP contribution is -2.36. The van der Waals surface area contributed by atoms with Crippen molar-refractivity contribution in [2.45, 2.75) is 26.0 Å². The van der Waals surface area contributed by atoms with E-state index in [9.17, 15) is 4.79 Å². The molecular formula is C26H29N3O2. The second-order valence-corrected chi connectivity index (χ2v) is 7.97. The number of nitrogens with zero attached hydrogens (tertiary/aromatic N) is 3. The maximum atomic E-state index is 12.8. The molecule has 0 saturated carbocycles. The average Bonchev–Trinajstić information content (AvgIpc) is 3.06. The molecule has 1 fully saturated rings. The summed E-state index contributed by atoms with van der Waals surface area (Å²) in [7, 11) is 0. The predicted molar refractivity (Wildman–Crippen MR) is 122 cm³/mol. The maximum absolute atomic E-state index is 12.8. The van der Waals surface area contributed by atoms with E-state index in [4.69, 9.17) is 4.74 Å². The number of carbonyl (C=O) groups excluding carboxylic acids is 1. The molecule has 2 aromatic carbocycles. The number of ether oxygens (including phenoxy) is 1. The fourth-order valence-corrected chi connectivity index (χ4v) is 3.86.